The zero-order chi connectivity index (χ0) is 33.6. The van der Waals surface area contributed by atoms with Gasteiger partial charge in [-0.15, -0.1) is 17.9 Å². The SMILES string of the molecule is C=C[C@@H]1C[C@]1(NC(=O)[C@@H]1C[C@@H](Oc2cc(-c3nc(NC(C)C)cs3)nc3cc(OC)ccc23)CN1C(=O)[C@@H](O)C(C)(C)C)C(=O)O. The van der Waals surface area contributed by atoms with Gasteiger partial charge in [-0.3, -0.25) is 9.59 Å². The lowest BCUT2D eigenvalue weighted by Crippen LogP contribution is -2.55. The number of thiazole rings is 1. The van der Waals surface area contributed by atoms with E-state index < -0.39 is 52.9 Å². The number of methoxy groups -OCH3 is 1. The number of hydrogen-bond acceptors (Lipinski definition) is 10. The molecule has 2 fully saturated rings. The fourth-order valence-electron chi connectivity index (χ4n) is 5.66. The fourth-order valence-corrected chi connectivity index (χ4v) is 6.38. The molecular weight excluding hydrogens is 610 g/mol. The van der Waals surface area contributed by atoms with Gasteiger partial charge in [0, 0.05) is 41.3 Å². The first-order valence-electron chi connectivity index (χ1n) is 15.2. The van der Waals surface area contributed by atoms with Crippen LogP contribution >= 0.6 is 11.3 Å². The van der Waals surface area contributed by atoms with Crippen LogP contribution in [0.5, 0.6) is 11.5 Å². The molecule has 5 atom stereocenters. The van der Waals surface area contributed by atoms with E-state index in [1.807, 2.05) is 25.3 Å². The highest BCUT2D eigenvalue weighted by atomic mass is 32.1. The number of fused-ring (bicyclic) bond motifs is 1. The van der Waals surface area contributed by atoms with Gasteiger partial charge in [0.05, 0.1) is 19.2 Å². The van der Waals surface area contributed by atoms with Crippen LogP contribution in [0, 0.1) is 11.3 Å². The van der Waals surface area contributed by atoms with E-state index in [1.54, 1.807) is 46.1 Å². The molecule has 1 aliphatic carbocycles. The number of aromatic nitrogens is 2. The fraction of sp³-hybridized carbons (Fsp3) is 0.485. The van der Waals surface area contributed by atoms with Crippen LogP contribution in [-0.2, 0) is 14.4 Å². The first-order chi connectivity index (χ1) is 21.7. The number of benzene rings is 1. The summed E-state index contributed by atoms with van der Waals surface area (Å²) in [6, 6.07) is 6.35. The van der Waals surface area contributed by atoms with Crippen LogP contribution in [0.1, 0.15) is 47.5 Å². The van der Waals surface area contributed by atoms with E-state index in [9.17, 15) is 24.6 Å². The van der Waals surface area contributed by atoms with Gasteiger partial charge in [-0.25, -0.2) is 14.8 Å². The first kappa shape index (κ1) is 33.1. The Morgan fingerprint density at radius 2 is 1.96 bits per heavy atom. The van der Waals surface area contributed by atoms with Gasteiger partial charge in [0.1, 0.15) is 51.8 Å². The van der Waals surface area contributed by atoms with Gasteiger partial charge in [0.25, 0.3) is 5.91 Å². The maximum Gasteiger partial charge on any atom is 0.330 e. The van der Waals surface area contributed by atoms with E-state index in [1.165, 1.54) is 22.3 Å². The lowest BCUT2D eigenvalue weighted by atomic mass is 9.88. The van der Waals surface area contributed by atoms with Crippen molar-refractivity contribution >= 4 is 45.8 Å². The summed E-state index contributed by atoms with van der Waals surface area (Å²) in [6.45, 7) is 12.9. The Balaban J connectivity index is 1.48. The highest BCUT2D eigenvalue weighted by Gasteiger charge is 2.61. The number of rotatable bonds is 11. The van der Waals surface area contributed by atoms with Gasteiger partial charge in [-0.2, -0.15) is 0 Å². The number of aliphatic hydroxyl groups is 1. The van der Waals surface area contributed by atoms with Crippen LogP contribution in [0.3, 0.4) is 0 Å². The molecule has 246 valence electrons. The molecular formula is C33H41N5O7S. The van der Waals surface area contributed by atoms with Crippen LogP contribution in [-0.4, -0.2) is 86.3 Å². The lowest BCUT2D eigenvalue weighted by molar-refractivity contribution is -0.151. The molecule has 13 heteroatoms. The lowest BCUT2D eigenvalue weighted by Gasteiger charge is -2.32. The van der Waals surface area contributed by atoms with E-state index in [2.05, 4.69) is 17.2 Å². The third-order valence-electron chi connectivity index (χ3n) is 8.36. The summed E-state index contributed by atoms with van der Waals surface area (Å²) in [4.78, 5) is 50.2. The molecule has 46 heavy (non-hydrogen) atoms. The minimum Gasteiger partial charge on any atom is -0.497 e. The maximum absolute atomic E-state index is 13.7. The molecule has 0 unspecified atom stereocenters. The number of carbonyl (C=O) groups is 3. The minimum atomic E-state index is -1.47. The third kappa shape index (κ3) is 6.52. The highest BCUT2D eigenvalue weighted by Crippen LogP contribution is 2.45. The minimum absolute atomic E-state index is 0.00400. The average Bonchev–Trinajstić information content (AvgIpc) is 3.29. The van der Waals surface area contributed by atoms with Crippen molar-refractivity contribution in [2.24, 2.45) is 11.3 Å². The quantitative estimate of drug-likeness (QED) is 0.222. The Labute approximate surface area is 271 Å². The number of carbonyl (C=O) groups excluding carboxylic acids is 2. The van der Waals surface area contributed by atoms with Crippen LogP contribution in [0.4, 0.5) is 5.82 Å². The van der Waals surface area contributed by atoms with Crippen molar-refractivity contribution in [1.29, 1.82) is 0 Å². The van der Waals surface area contributed by atoms with Gasteiger partial charge >= 0.3 is 5.97 Å². The number of nitrogens with one attached hydrogen (secondary N) is 2. The molecule has 1 saturated carbocycles. The van der Waals surface area contributed by atoms with Crippen molar-refractivity contribution in [2.75, 3.05) is 19.0 Å². The van der Waals surface area contributed by atoms with Gasteiger partial charge in [-0.1, -0.05) is 26.8 Å². The molecule has 12 nitrogen and oxygen atoms in total. The number of likely N-dealkylation sites (tertiary alicyclic amines) is 1. The van der Waals surface area contributed by atoms with E-state index >= 15 is 0 Å². The highest BCUT2D eigenvalue weighted by molar-refractivity contribution is 7.13. The maximum atomic E-state index is 13.7. The van der Waals surface area contributed by atoms with Gasteiger partial charge in [0.15, 0.2) is 0 Å². The van der Waals surface area contributed by atoms with Crippen molar-refractivity contribution in [1.82, 2.24) is 20.2 Å². The van der Waals surface area contributed by atoms with E-state index in [4.69, 9.17) is 19.4 Å². The first-order valence-corrected chi connectivity index (χ1v) is 16.1. The Bertz CT molecular complexity index is 1670. The number of pyridine rings is 1. The molecule has 0 radical (unpaired) electrons. The summed E-state index contributed by atoms with van der Waals surface area (Å²) in [5, 5.41) is 30.0. The number of aliphatic carboxylic acids is 1. The van der Waals surface area contributed by atoms with Crippen molar-refractivity contribution in [3.05, 3.63) is 42.3 Å². The topological polar surface area (TPSA) is 163 Å². The summed E-state index contributed by atoms with van der Waals surface area (Å²) in [6.07, 6.45) is -0.249. The number of carboxylic acid groups (broad SMARTS) is 1. The van der Waals surface area contributed by atoms with Crippen LogP contribution in [0.15, 0.2) is 42.3 Å². The predicted molar refractivity (Wildman–Crippen MR) is 175 cm³/mol. The molecule has 1 aromatic carbocycles. The average molecular weight is 652 g/mol. The Morgan fingerprint density at radius 3 is 2.57 bits per heavy atom. The molecule has 0 bridgehead atoms. The van der Waals surface area contributed by atoms with Crippen LogP contribution < -0.4 is 20.1 Å². The summed E-state index contributed by atoms with van der Waals surface area (Å²) in [5.74, 6) is -1.02. The number of amides is 2. The molecule has 1 saturated heterocycles. The normalized spacial score (nSPS) is 23.2. The zero-order valence-corrected chi connectivity index (χ0v) is 27.7. The van der Waals surface area contributed by atoms with Gasteiger partial charge in [0.2, 0.25) is 5.91 Å². The van der Waals surface area contributed by atoms with E-state index in [0.29, 0.717) is 33.1 Å². The molecule has 2 amide bonds. The summed E-state index contributed by atoms with van der Waals surface area (Å²) in [7, 11) is 1.57. The second kappa shape index (κ2) is 12.5. The molecule has 4 N–H and O–H groups in total. The number of ether oxygens (including phenoxy) is 2. The van der Waals surface area contributed by atoms with Gasteiger partial charge in [-0.05, 0) is 37.8 Å². The van der Waals surface area contributed by atoms with Crippen molar-refractivity contribution in [3.8, 4) is 22.2 Å². The number of carboxylic acids is 1. The van der Waals surface area contributed by atoms with Crippen LogP contribution in [0.2, 0.25) is 0 Å². The smallest absolute Gasteiger partial charge is 0.330 e. The zero-order valence-electron chi connectivity index (χ0n) is 26.9. The summed E-state index contributed by atoms with van der Waals surface area (Å²) in [5.41, 5.74) is -1.08. The van der Waals surface area contributed by atoms with Crippen molar-refractivity contribution in [2.45, 2.75) is 77.3 Å². The summed E-state index contributed by atoms with van der Waals surface area (Å²) < 4.78 is 12.0. The third-order valence-corrected chi connectivity index (χ3v) is 9.23. The largest absolute Gasteiger partial charge is 0.497 e. The molecule has 2 aromatic heterocycles. The standard InChI is InChI=1S/C33H41N5O7S/c1-8-18-14-33(18,31(42)43)37-28(40)24-12-20(15-38(24)30(41)27(39)32(4,5)6)45-25-13-23(29-36-26(16-46-29)34-17(2)3)35-22-11-19(44-7)9-10-21(22)25/h8-11,13,16-18,20,24,27,34,39H,1,12,14-15H2,2-7H3,(H,37,40)(H,42,43)/t18-,20-,24+,27-,33-/m1/s1. The van der Waals surface area contributed by atoms with Crippen LogP contribution in [0.25, 0.3) is 21.6 Å². The Morgan fingerprint density at radius 1 is 1.22 bits per heavy atom. The monoisotopic (exact) mass is 651 g/mol. The summed E-state index contributed by atoms with van der Waals surface area (Å²) >= 11 is 1.43. The van der Waals surface area contributed by atoms with E-state index in [-0.39, 0.29) is 25.4 Å². The molecule has 3 heterocycles. The number of anilines is 1. The number of nitrogens with zero attached hydrogens (tertiary/aromatic N) is 3. The van der Waals surface area contributed by atoms with Crippen molar-refractivity contribution in [3.63, 3.8) is 0 Å². The molecule has 2 aliphatic rings. The molecule has 0 spiro atoms. The Kier molecular flexibility index (Phi) is 9.02. The van der Waals surface area contributed by atoms with E-state index in [0.717, 1.165) is 5.82 Å². The number of hydrogen-bond donors (Lipinski definition) is 4. The predicted octanol–water partition coefficient (Wildman–Crippen LogP) is 4.09. The van der Waals surface area contributed by atoms with Crippen molar-refractivity contribution < 1.29 is 34.1 Å². The number of aliphatic hydroxyl groups excluding tert-OH is 1. The molecule has 5 rings (SSSR count). The molecule has 1 aliphatic heterocycles. The Hall–Kier alpha value is -4.23. The second-order valence-corrected chi connectivity index (χ2v) is 14.1. The molecule has 3 aromatic rings. The second-order valence-electron chi connectivity index (χ2n) is 13.3. The van der Waals surface area contributed by atoms with Gasteiger partial charge < -0.3 is 35.2 Å².